The fourth-order valence-corrected chi connectivity index (χ4v) is 2.07. The largest absolute Gasteiger partial charge is 0.417 e. The normalized spacial score (nSPS) is 26.6. The SMILES string of the molecule is O=C(NCc1ccnc(OC(F)F)c1)NC12CC1C2. The molecule has 3 rings (SSSR count). The number of nitrogens with one attached hydrogen (secondary N) is 2. The Morgan fingerprint density at radius 1 is 1.58 bits per heavy atom. The molecule has 0 bridgehead atoms. The number of rotatable bonds is 5. The van der Waals surface area contributed by atoms with Gasteiger partial charge in [0.15, 0.2) is 0 Å². The molecule has 2 fully saturated rings. The number of ether oxygens (including phenoxy) is 1. The summed E-state index contributed by atoms with van der Waals surface area (Å²) in [6.45, 7) is -2.66. The Morgan fingerprint density at radius 2 is 2.32 bits per heavy atom. The van der Waals surface area contributed by atoms with Crippen molar-refractivity contribution in [3.05, 3.63) is 23.9 Å². The van der Waals surface area contributed by atoms with Crippen molar-refractivity contribution in [2.24, 2.45) is 5.92 Å². The van der Waals surface area contributed by atoms with Crippen LogP contribution in [0.25, 0.3) is 0 Å². The van der Waals surface area contributed by atoms with Crippen molar-refractivity contribution in [1.82, 2.24) is 15.6 Å². The lowest BCUT2D eigenvalue weighted by Crippen LogP contribution is -2.39. The van der Waals surface area contributed by atoms with E-state index < -0.39 is 6.61 Å². The van der Waals surface area contributed by atoms with E-state index in [9.17, 15) is 13.6 Å². The predicted octanol–water partition coefficient (Wildman–Crippen LogP) is 1.64. The summed E-state index contributed by atoms with van der Waals surface area (Å²) >= 11 is 0. The molecule has 0 aliphatic heterocycles. The summed E-state index contributed by atoms with van der Waals surface area (Å²) in [5.41, 5.74) is 0.730. The standard InChI is InChI=1S/C12H13F2N3O2/c13-10(14)19-9-3-7(1-2-15-9)6-16-11(18)17-12-4-8(12)5-12/h1-3,8,10H,4-6H2,(H2,16,17,18). The highest BCUT2D eigenvalue weighted by Crippen LogP contribution is 2.66. The zero-order chi connectivity index (χ0) is 13.5. The third-order valence-corrected chi connectivity index (χ3v) is 3.51. The van der Waals surface area contributed by atoms with Crippen molar-refractivity contribution in [3.8, 4) is 5.88 Å². The molecular weight excluding hydrogens is 256 g/mol. The van der Waals surface area contributed by atoms with E-state index in [1.807, 2.05) is 0 Å². The third-order valence-electron chi connectivity index (χ3n) is 3.51. The number of hydrogen-bond acceptors (Lipinski definition) is 3. The van der Waals surface area contributed by atoms with Crippen LogP contribution in [0.1, 0.15) is 18.4 Å². The maximum atomic E-state index is 12.0. The summed E-state index contributed by atoms with van der Waals surface area (Å²) in [4.78, 5) is 15.2. The van der Waals surface area contributed by atoms with Gasteiger partial charge in [0.2, 0.25) is 5.88 Å². The summed E-state index contributed by atoms with van der Waals surface area (Å²) in [5, 5.41) is 5.59. The molecule has 0 spiro atoms. The molecule has 0 radical (unpaired) electrons. The van der Waals surface area contributed by atoms with E-state index in [-0.39, 0.29) is 24.0 Å². The minimum atomic E-state index is -2.90. The second-order valence-electron chi connectivity index (χ2n) is 4.95. The first-order valence-electron chi connectivity index (χ1n) is 6.03. The van der Waals surface area contributed by atoms with E-state index in [4.69, 9.17) is 0 Å². The van der Waals surface area contributed by atoms with Crippen LogP contribution in [-0.4, -0.2) is 23.2 Å². The van der Waals surface area contributed by atoms with E-state index in [1.165, 1.54) is 12.3 Å². The van der Waals surface area contributed by atoms with Gasteiger partial charge < -0.3 is 15.4 Å². The molecule has 7 heteroatoms. The van der Waals surface area contributed by atoms with Crippen LogP contribution in [0.4, 0.5) is 13.6 Å². The summed E-state index contributed by atoms with van der Waals surface area (Å²) in [5.74, 6) is 0.517. The Kier molecular flexibility index (Phi) is 2.76. The van der Waals surface area contributed by atoms with Crippen LogP contribution in [0.15, 0.2) is 18.3 Å². The van der Waals surface area contributed by atoms with Gasteiger partial charge in [0, 0.05) is 24.3 Å². The van der Waals surface area contributed by atoms with Gasteiger partial charge in [0.25, 0.3) is 0 Å². The van der Waals surface area contributed by atoms with Gasteiger partial charge in [-0.2, -0.15) is 8.78 Å². The van der Waals surface area contributed by atoms with Crippen LogP contribution in [0.5, 0.6) is 5.88 Å². The number of carbonyl (C=O) groups is 1. The third kappa shape index (κ3) is 2.74. The Hall–Kier alpha value is -1.92. The minimum Gasteiger partial charge on any atom is -0.417 e. The average molecular weight is 269 g/mol. The molecule has 2 aliphatic carbocycles. The van der Waals surface area contributed by atoms with Crippen LogP contribution in [0.3, 0.4) is 0 Å². The number of halogens is 2. The van der Waals surface area contributed by atoms with Gasteiger partial charge in [-0.3, -0.25) is 0 Å². The first kappa shape index (κ1) is 12.1. The number of urea groups is 1. The fraction of sp³-hybridized carbons (Fsp3) is 0.500. The molecule has 1 heterocycles. The van der Waals surface area contributed by atoms with Gasteiger partial charge >= 0.3 is 12.6 Å². The molecule has 0 aromatic carbocycles. The fourth-order valence-electron chi connectivity index (χ4n) is 2.07. The minimum absolute atomic E-state index is 0.0757. The number of carbonyl (C=O) groups excluding carboxylic acids is 1. The van der Waals surface area contributed by atoms with Crippen molar-refractivity contribution in [3.63, 3.8) is 0 Å². The summed E-state index contributed by atoms with van der Waals surface area (Å²) in [6, 6.07) is 2.78. The first-order valence-corrected chi connectivity index (χ1v) is 6.03. The quantitative estimate of drug-likeness (QED) is 0.854. The second kappa shape index (κ2) is 4.32. The molecule has 2 amide bonds. The van der Waals surface area contributed by atoms with Gasteiger partial charge in [0.05, 0.1) is 0 Å². The number of alkyl halides is 2. The smallest absolute Gasteiger partial charge is 0.388 e. The predicted molar refractivity (Wildman–Crippen MR) is 61.7 cm³/mol. The first-order chi connectivity index (χ1) is 9.07. The molecule has 2 N–H and O–H groups in total. The molecule has 1 aromatic rings. The maximum absolute atomic E-state index is 12.0. The molecule has 102 valence electrons. The van der Waals surface area contributed by atoms with Crippen LogP contribution in [0, 0.1) is 5.92 Å². The number of amides is 2. The zero-order valence-electron chi connectivity index (χ0n) is 10.0. The summed E-state index contributed by atoms with van der Waals surface area (Å²) < 4.78 is 28.2. The van der Waals surface area contributed by atoms with Crippen molar-refractivity contribution in [2.45, 2.75) is 31.5 Å². The van der Waals surface area contributed by atoms with Crippen molar-refractivity contribution in [2.75, 3.05) is 0 Å². The van der Waals surface area contributed by atoms with Crippen LogP contribution < -0.4 is 15.4 Å². The Balaban J connectivity index is 1.49. The van der Waals surface area contributed by atoms with Crippen LogP contribution in [-0.2, 0) is 6.54 Å². The molecule has 5 nitrogen and oxygen atoms in total. The van der Waals surface area contributed by atoms with Crippen molar-refractivity contribution < 1.29 is 18.3 Å². The van der Waals surface area contributed by atoms with E-state index in [2.05, 4.69) is 20.4 Å². The van der Waals surface area contributed by atoms with Crippen molar-refractivity contribution in [1.29, 1.82) is 0 Å². The lowest BCUT2D eigenvalue weighted by atomic mass is 10.2. The van der Waals surface area contributed by atoms with E-state index in [0.29, 0.717) is 11.5 Å². The van der Waals surface area contributed by atoms with Gasteiger partial charge in [-0.05, 0) is 30.4 Å². The molecule has 0 saturated heterocycles. The lowest BCUT2D eigenvalue weighted by molar-refractivity contribution is -0.0528. The van der Waals surface area contributed by atoms with E-state index in [1.54, 1.807) is 6.07 Å². The summed E-state index contributed by atoms with van der Waals surface area (Å²) in [6.07, 6.45) is 3.51. The number of fused-ring (bicyclic) bond motifs is 1. The highest BCUT2D eigenvalue weighted by molar-refractivity contribution is 5.76. The highest BCUT2D eigenvalue weighted by atomic mass is 19.3. The second-order valence-corrected chi connectivity index (χ2v) is 4.95. The van der Waals surface area contributed by atoms with Gasteiger partial charge in [-0.15, -0.1) is 0 Å². The molecule has 2 saturated carbocycles. The van der Waals surface area contributed by atoms with Crippen LogP contribution in [0.2, 0.25) is 0 Å². The molecular formula is C12H13F2N3O2. The molecule has 0 unspecified atom stereocenters. The zero-order valence-corrected chi connectivity index (χ0v) is 10.0. The highest BCUT2D eigenvalue weighted by Gasteiger charge is 2.70. The van der Waals surface area contributed by atoms with Gasteiger partial charge in [0.1, 0.15) is 0 Å². The molecule has 0 atom stereocenters. The average Bonchev–Trinajstić information content (AvgIpc) is 3.16. The molecule has 1 aromatic heterocycles. The Labute approximate surface area is 108 Å². The van der Waals surface area contributed by atoms with Crippen molar-refractivity contribution >= 4 is 6.03 Å². The van der Waals surface area contributed by atoms with Gasteiger partial charge in [-0.1, -0.05) is 0 Å². The number of pyridine rings is 1. The molecule has 2 aliphatic rings. The number of hydrogen-bond donors (Lipinski definition) is 2. The van der Waals surface area contributed by atoms with Crippen LogP contribution >= 0.6 is 0 Å². The van der Waals surface area contributed by atoms with Gasteiger partial charge in [-0.25, -0.2) is 9.78 Å². The summed E-state index contributed by atoms with van der Waals surface area (Å²) in [7, 11) is 0. The van der Waals surface area contributed by atoms with E-state index >= 15 is 0 Å². The molecule has 19 heavy (non-hydrogen) atoms. The Bertz CT molecular complexity index is 504. The van der Waals surface area contributed by atoms with E-state index in [0.717, 1.165) is 12.8 Å². The number of nitrogens with zero attached hydrogens (tertiary/aromatic N) is 1. The number of aromatic nitrogens is 1. The lowest BCUT2D eigenvalue weighted by Gasteiger charge is -2.10. The topological polar surface area (TPSA) is 63.2 Å². The Morgan fingerprint density at radius 3 is 2.95 bits per heavy atom. The maximum Gasteiger partial charge on any atom is 0.388 e. The monoisotopic (exact) mass is 269 g/mol.